The number of nitrogens with zero attached hydrogens (tertiary/aromatic N) is 1. The maximum atomic E-state index is 12.2. The molecule has 0 saturated carbocycles. The summed E-state index contributed by atoms with van der Waals surface area (Å²) in [6.45, 7) is 1.06. The minimum Gasteiger partial charge on any atom is -0.435 e. The molecule has 0 aliphatic carbocycles. The van der Waals surface area contributed by atoms with Gasteiger partial charge < -0.3 is 20.1 Å². The second-order valence-corrected chi connectivity index (χ2v) is 6.86. The van der Waals surface area contributed by atoms with Gasteiger partial charge >= 0.3 is 6.61 Å². The van der Waals surface area contributed by atoms with Crippen LogP contribution in [0.3, 0.4) is 0 Å². The summed E-state index contributed by atoms with van der Waals surface area (Å²) in [4.78, 5) is 2.36. The molecule has 0 spiro atoms. The summed E-state index contributed by atoms with van der Waals surface area (Å²) in [5, 5.41) is 6.62. The number of nitrogens with one attached hydrogen (secondary N) is 2. The average Bonchev–Trinajstić information content (AvgIpc) is 2.69. The summed E-state index contributed by atoms with van der Waals surface area (Å²) < 4.78 is 34.5. The van der Waals surface area contributed by atoms with Crippen molar-refractivity contribution in [1.82, 2.24) is 10.2 Å². The summed E-state index contributed by atoms with van der Waals surface area (Å²) in [6, 6.07) is 16.5. The van der Waals surface area contributed by atoms with Crippen LogP contribution in [0.2, 0.25) is 0 Å². The fourth-order valence-corrected chi connectivity index (χ4v) is 3.19. The second kappa shape index (κ2) is 10.3. The first-order valence-corrected chi connectivity index (χ1v) is 9.47. The van der Waals surface area contributed by atoms with Gasteiger partial charge in [-0.2, -0.15) is 8.78 Å². The Morgan fingerprint density at radius 1 is 1.18 bits per heavy atom. The second-order valence-electron chi connectivity index (χ2n) is 6.45. The van der Waals surface area contributed by atoms with E-state index in [0.717, 1.165) is 19.6 Å². The van der Waals surface area contributed by atoms with Crippen molar-refractivity contribution < 1.29 is 18.3 Å². The fraction of sp³-hybridized carbons (Fsp3) is 0.350. The Morgan fingerprint density at radius 3 is 2.64 bits per heavy atom. The Bertz CT molecular complexity index is 747. The minimum absolute atomic E-state index is 0.0408. The molecule has 2 N–H and O–H groups in total. The molecule has 2 aromatic rings. The van der Waals surface area contributed by atoms with Gasteiger partial charge in [-0.15, -0.1) is 0 Å². The van der Waals surface area contributed by atoms with Gasteiger partial charge in [-0.3, -0.25) is 4.90 Å². The maximum absolute atomic E-state index is 12.2. The van der Waals surface area contributed by atoms with Crippen LogP contribution in [0.15, 0.2) is 54.6 Å². The van der Waals surface area contributed by atoms with Gasteiger partial charge in [0.2, 0.25) is 0 Å². The number of anilines is 1. The van der Waals surface area contributed by atoms with E-state index in [1.165, 1.54) is 17.7 Å². The van der Waals surface area contributed by atoms with Crippen molar-refractivity contribution >= 4 is 23.0 Å². The molecule has 1 fully saturated rings. The number of hydrogen-bond donors (Lipinski definition) is 2. The number of halogens is 2. The van der Waals surface area contributed by atoms with Gasteiger partial charge in [-0.05, 0) is 42.0 Å². The average molecular weight is 407 g/mol. The van der Waals surface area contributed by atoms with Gasteiger partial charge in [-0.1, -0.05) is 30.3 Å². The standard InChI is InChI=1S/C20H23F2N3O2S/c21-19(22)27-17-8-6-16(7-9-17)24-20(28)23-12-18-14-25(10-11-26-18)13-15-4-2-1-3-5-15/h1-9,18-19H,10-14H2,(H2,23,24,28)/t18-/m1/s1. The first-order chi connectivity index (χ1) is 13.6. The fourth-order valence-electron chi connectivity index (χ4n) is 2.99. The Hall–Kier alpha value is -2.29. The lowest BCUT2D eigenvalue weighted by Crippen LogP contribution is -2.47. The van der Waals surface area contributed by atoms with Crippen molar-refractivity contribution in [3.05, 3.63) is 60.2 Å². The lowest BCUT2D eigenvalue weighted by Gasteiger charge is -2.33. The lowest BCUT2D eigenvalue weighted by atomic mass is 10.2. The van der Waals surface area contributed by atoms with E-state index in [9.17, 15) is 8.78 Å². The zero-order chi connectivity index (χ0) is 19.8. The molecule has 28 heavy (non-hydrogen) atoms. The van der Waals surface area contributed by atoms with Crippen molar-refractivity contribution in [3.63, 3.8) is 0 Å². The quantitative estimate of drug-likeness (QED) is 0.686. The third-order valence-corrected chi connectivity index (χ3v) is 4.55. The summed E-state index contributed by atoms with van der Waals surface area (Å²) in [7, 11) is 0. The van der Waals surface area contributed by atoms with E-state index in [-0.39, 0.29) is 11.9 Å². The molecule has 0 amide bonds. The predicted octanol–water partition coefficient (Wildman–Crippen LogP) is 3.48. The summed E-state index contributed by atoms with van der Waals surface area (Å²) in [5.41, 5.74) is 1.97. The number of alkyl halides is 2. The number of thiocarbonyl (C=S) groups is 1. The Kier molecular flexibility index (Phi) is 7.53. The van der Waals surface area contributed by atoms with Gasteiger partial charge in [0.05, 0.1) is 12.7 Å². The van der Waals surface area contributed by atoms with E-state index in [1.807, 2.05) is 18.2 Å². The van der Waals surface area contributed by atoms with Gasteiger partial charge in [0.15, 0.2) is 5.11 Å². The third-order valence-electron chi connectivity index (χ3n) is 4.30. The monoisotopic (exact) mass is 407 g/mol. The predicted molar refractivity (Wildman–Crippen MR) is 109 cm³/mol. The van der Waals surface area contributed by atoms with E-state index in [0.29, 0.717) is 24.0 Å². The van der Waals surface area contributed by atoms with Crippen LogP contribution in [0.25, 0.3) is 0 Å². The molecule has 1 heterocycles. The van der Waals surface area contributed by atoms with Crippen molar-refractivity contribution in [1.29, 1.82) is 0 Å². The van der Waals surface area contributed by atoms with E-state index >= 15 is 0 Å². The first kappa shape index (κ1) is 20.4. The van der Waals surface area contributed by atoms with Crippen LogP contribution in [0, 0.1) is 0 Å². The summed E-state index contributed by atoms with van der Waals surface area (Å²) in [5.74, 6) is 0.105. The van der Waals surface area contributed by atoms with Crippen LogP contribution in [0.5, 0.6) is 5.75 Å². The number of morpholine rings is 1. The largest absolute Gasteiger partial charge is 0.435 e. The van der Waals surface area contributed by atoms with Crippen LogP contribution in [0.4, 0.5) is 14.5 Å². The highest BCUT2D eigenvalue weighted by atomic mass is 32.1. The Balaban J connectivity index is 1.41. The van der Waals surface area contributed by atoms with Crippen LogP contribution in [-0.2, 0) is 11.3 Å². The van der Waals surface area contributed by atoms with E-state index in [4.69, 9.17) is 17.0 Å². The van der Waals surface area contributed by atoms with Crippen molar-refractivity contribution in [2.75, 3.05) is 31.6 Å². The summed E-state index contributed by atoms with van der Waals surface area (Å²) in [6.07, 6.45) is 0.0408. The molecule has 8 heteroatoms. The molecule has 150 valence electrons. The van der Waals surface area contributed by atoms with Gasteiger partial charge in [0, 0.05) is 31.9 Å². The minimum atomic E-state index is -2.83. The molecule has 1 aliphatic heterocycles. The van der Waals surface area contributed by atoms with Crippen LogP contribution < -0.4 is 15.4 Å². The highest BCUT2D eigenvalue weighted by molar-refractivity contribution is 7.80. The van der Waals surface area contributed by atoms with Gasteiger partial charge in [0.25, 0.3) is 0 Å². The highest BCUT2D eigenvalue weighted by Crippen LogP contribution is 2.17. The van der Waals surface area contributed by atoms with Crippen LogP contribution in [-0.4, -0.2) is 49.0 Å². The lowest BCUT2D eigenvalue weighted by molar-refractivity contribution is -0.0498. The molecule has 0 radical (unpaired) electrons. The van der Waals surface area contributed by atoms with Crippen LogP contribution >= 0.6 is 12.2 Å². The maximum Gasteiger partial charge on any atom is 0.387 e. The third kappa shape index (κ3) is 6.70. The molecule has 1 saturated heterocycles. The molecule has 0 unspecified atom stereocenters. The summed E-state index contributed by atoms with van der Waals surface area (Å²) >= 11 is 5.30. The molecule has 5 nitrogen and oxygen atoms in total. The van der Waals surface area contributed by atoms with Crippen LogP contribution in [0.1, 0.15) is 5.56 Å². The zero-order valence-corrected chi connectivity index (χ0v) is 16.1. The zero-order valence-electron chi connectivity index (χ0n) is 15.3. The van der Waals surface area contributed by atoms with Crippen molar-refractivity contribution in [3.8, 4) is 5.75 Å². The molecule has 1 aliphatic rings. The van der Waals surface area contributed by atoms with E-state index in [2.05, 4.69) is 32.4 Å². The van der Waals surface area contributed by atoms with Crippen molar-refractivity contribution in [2.45, 2.75) is 19.3 Å². The smallest absolute Gasteiger partial charge is 0.387 e. The topological polar surface area (TPSA) is 45.8 Å². The van der Waals surface area contributed by atoms with Crippen molar-refractivity contribution in [2.24, 2.45) is 0 Å². The Morgan fingerprint density at radius 2 is 1.93 bits per heavy atom. The molecular formula is C20H23F2N3O2S. The number of rotatable bonds is 7. The van der Waals surface area contributed by atoms with E-state index < -0.39 is 6.61 Å². The molecular weight excluding hydrogens is 384 g/mol. The molecule has 2 aromatic carbocycles. The number of hydrogen-bond acceptors (Lipinski definition) is 4. The molecule has 0 aromatic heterocycles. The van der Waals surface area contributed by atoms with Gasteiger partial charge in [0.1, 0.15) is 5.75 Å². The van der Waals surface area contributed by atoms with E-state index in [1.54, 1.807) is 12.1 Å². The Labute approximate surface area is 168 Å². The van der Waals surface area contributed by atoms with Gasteiger partial charge in [-0.25, -0.2) is 0 Å². The molecule has 0 bridgehead atoms. The first-order valence-electron chi connectivity index (χ1n) is 9.06. The number of ether oxygens (including phenoxy) is 2. The highest BCUT2D eigenvalue weighted by Gasteiger charge is 2.20. The SMILES string of the molecule is FC(F)Oc1ccc(NC(=S)NC[C@@H]2CN(Cc3ccccc3)CCO2)cc1. The normalized spacial score (nSPS) is 17.3. The molecule has 1 atom stereocenters. The number of benzene rings is 2. The molecule has 3 rings (SSSR count).